The SMILES string of the molecule is CN1CCCCC(CNC(=O)NC2CCC(OC(F)F)C2)C1. The van der Waals surface area contributed by atoms with Gasteiger partial charge in [-0.25, -0.2) is 4.79 Å². The molecule has 0 bridgehead atoms. The van der Waals surface area contributed by atoms with Crippen molar-refractivity contribution in [2.45, 2.75) is 57.3 Å². The lowest BCUT2D eigenvalue weighted by Gasteiger charge is -2.21. The molecule has 1 aliphatic carbocycles. The van der Waals surface area contributed by atoms with E-state index in [1.807, 2.05) is 0 Å². The van der Waals surface area contributed by atoms with Crippen molar-refractivity contribution in [1.29, 1.82) is 0 Å². The minimum Gasteiger partial charge on any atom is -0.338 e. The Hall–Kier alpha value is -0.950. The zero-order valence-corrected chi connectivity index (χ0v) is 13.2. The van der Waals surface area contributed by atoms with Crippen molar-refractivity contribution >= 4 is 6.03 Å². The molecule has 2 amide bonds. The Kier molecular flexibility index (Phi) is 6.82. The van der Waals surface area contributed by atoms with Crippen molar-refractivity contribution < 1.29 is 18.3 Å². The van der Waals surface area contributed by atoms with Gasteiger partial charge in [-0.15, -0.1) is 0 Å². The molecule has 2 aliphatic rings. The van der Waals surface area contributed by atoms with E-state index in [9.17, 15) is 13.6 Å². The number of hydrogen-bond acceptors (Lipinski definition) is 3. The number of carbonyl (C=O) groups is 1. The molecule has 5 nitrogen and oxygen atoms in total. The van der Waals surface area contributed by atoms with E-state index in [4.69, 9.17) is 0 Å². The van der Waals surface area contributed by atoms with Crippen LogP contribution < -0.4 is 10.6 Å². The maximum atomic E-state index is 12.1. The van der Waals surface area contributed by atoms with Gasteiger partial charge in [0, 0.05) is 19.1 Å². The van der Waals surface area contributed by atoms with Crippen LogP contribution in [0.15, 0.2) is 0 Å². The molecule has 3 unspecified atom stereocenters. The van der Waals surface area contributed by atoms with Gasteiger partial charge in [-0.05, 0) is 51.6 Å². The average molecular weight is 319 g/mol. The van der Waals surface area contributed by atoms with Crippen LogP contribution in [0.2, 0.25) is 0 Å². The number of ether oxygens (including phenoxy) is 1. The zero-order valence-electron chi connectivity index (χ0n) is 13.2. The topological polar surface area (TPSA) is 53.6 Å². The van der Waals surface area contributed by atoms with Gasteiger partial charge in [0.15, 0.2) is 0 Å². The number of likely N-dealkylation sites (tertiary alicyclic amines) is 1. The number of nitrogens with one attached hydrogen (secondary N) is 2. The van der Waals surface area contributed by atoms with E-state index < -0.39 is 12.7 Å². The van der Waals surface area contributed by atoms with Crippen LogP contribution in [0.5, 0.6) is 0 Å². The summed E-state index contributed by atoms with van der Waals surface area (Å²) in [4.78, 5) is 14.2. The first-order chi connectivity index (χ1) is 10.5. The van der Waals surface area contributed by atoms with Crippen molar-refractivity contribution in [3.63, 3.8) is 0 Å². The zero-order chi connectivity index (χ0) is 15.9. The van der Waals surface area contributed by atoms with Crippen LogP contribution in [0.25, 0.3) is 0 Å². The molecular formula is C15H27F2N3O2. The van der Waals surface area contributed by atoms with Crippen LogP contribution in [0.4, 0.5) is 13.6 Å². The molecule has 7 heteroatoms. The fourth-order valence-electron chi connectivity index (χ4n) is 3.42. The van der Waals surface area contributed by atoms with Gasteiger partial charge in [-0.2, -0.15) is 8.78 Å². The number of amides is 2. The fraction of sp³-hybridized carbons (Fsp3) is 0.933. The number of nitrogens with zero attached hydrogens (tertiary/aromatic N) is 1. The number of rotatable bonds is 5. The fourth-order valence-corrected chi connectivity index (χ4v) is 3.42. The van der Waals surface area contributed by atoms with Gasteiger partial charge in [0.05, 0.1) is 6.10 Å². The number of hydrogen-bond donors (Lipinski definition) is 2. The number of alkyl halides is 2. The molecule has 1 heterocycles. The first-order valence-corrected chi connectivity index (χ1v) is 8.19. The van der Waals surface area contributed by atoms with Crippen molar-refractivity contribution in [3.05, 3.63) is 0 Å². The van der Waals surface area contributed by atoms with Crippen LogP contribution in [0.3, 0.4) is 0 Å². The molecule has 1 saturated carbocycles. The van der Waals surface area contributed by atoms with E-state index in [0.29, 0.717) is 31.7 Å². The summed E-state index contributed by atoms with van der Waals surface area (Å²) in [6, 6.07) is -0.268. The van der Waals surface area contributed by atoms with E-state index in [-0.39, 0.29) is 12.1 Å². The van der Waals surface area contributed by atoms with E-state index >= 15 is 0 Å². The summed E-state index contributed by atoms with van der Waals surface area (Å²) in [5, 5.41) is 5.78. The smallest absolute Gasteiger partial charge is 0.338 e. The van der Waals surface area contributed by atoms with Gasteiger partial charge in [-0.1, -0.05) is 6.42 Å². The van der Waals surface area contributed by atoms with Crippen molar-refractivity contribution in [2.75, 3.05) is 26.7 Å². The van der Waals surface area contributed by atoms with Crippen LogP contribution in [0.1, 0.15) is 38.5 Å². The van der Waals surface area contributed by atoms with E-state index in [2.05, 4.69) is 27.3 Å². The van der Waals surface area contributed by atoms with Gasteiger partial charge in [0.25, 0.3) is 0 Å². The Morgan fingerprint density at radius 2 is 2.14 bits per heavy atom. The quantitative estimate of drug-likeness (QED) is 0.817. The molecule has 22 heavy (non-hydrogen) atoms. The summed E-state index contributed by atoms with van der Waals surface area (Å²) >= 11 is 0. The number of halogens is 2. The third-order valence-electron chi connectivity index (χ3n) is 4.54. The highest BCUT2D eigenvalue weighted by Gasteiger charge is 2.28. The maximum absolute atomic E-state index is 12.1. The lowest BCUT2D eigenvalue weighted by Crippen LogP contribution is -2.44. The lowest BCUT2D eigenvalue weighted by molar-refractivity contribution is -0.160. The molecule has 1 aliphatic heterocycles. The number of urea groups is 1. The van der Waals surface area contributed by atoms with Gasteiger partial charge in [0.1, 0.15) is 0 Å². The molecule has 0 aromatic rings. The first kappa shape index (κ1) is 17.4. The molecule has 0 aromatic heterocycles. The molecule has 0 spiro atoms. The molecule has 2 N–H and O–H groups in total. The van der Waals surface area contributed by atoms with E-state index in [0.717, 1.165) is 19.5 Å². The summed E-state index contributed by atoms with van der Waals surface area (Å²) in [5.41, 5.74) is 0. The second-order valence-electron chi connectivity index (χ2n) is 6.51. The highest BCUT2D eigenvalue weighted by Crippen LogP contribution is 2.23. The standard InChI is InChI=1S/C15H27F2N3O2/c1-20-7-3-2-4-11(10-20)9-18-15(21)19-12-5-6-13(8-12)22-14(16)17/h11-14H,2-10H2,1H3,(H2,18,19,21). The third kappa shape index (κ3) is 6.04. The summed E-state index contributed by atoms with van der Waals surface area (Å²) in [6.45, 7) is 0.0641. The Bertz CT molecular complexity index is 358. The highest BCUT2D eigenvalue weighted by molar-refractivity contribution is 5.74. The molecular weight excluding hydrogens is 292 g/mol. The Labute approximate surface area is 130 Å². The monoisotopic (exact) mass is 319 g/mol. The Balaban J connectivity index is 1.63. The molecule has 1 saturated heterocycles. The lowest BCUT2D eigenvalue weighted by atomic mass is 10.0. The second-order valence-corrected chi connectivity index (χ2v) is 6.51. The molecule has 128 valence electrons. The average Bonchev–Trinajstić information content (AvgIpc) is 2.75. The van der Waals surface area contributed by atoms with Crippen LogP contribution in [0, 0.1) is 5.92 Å². The minimum atomic E-state index is -2.73. The second kappa shape index (κ2) is 8.62. The van der Waals surface area contributed by atoms with Crippen molar-refractivity contribution in [2.24, 2.45) is 5.92 Å². The van der Waals surface area contributed by atoms with Gasteiger partial charge in [-0.3, -0.25) is 0 Å². The molecule has 0 radical (unpaired) electrons. The third-order valence-corrected chi connectivity index (χ3v) is 4.54. The Morgan fingerprint density at radius 3 is 2.91 bits per heavy atom. The van der Waals surface area contributed by atoms with Crippen LogP contribution >= 0.6 is 0 Å². The van der Waals surface area contributed by atoms with Crippen molar-refractivity contribution in [3.8, 4) is 0 Å². The molecule has 3 atom stereocenters. The van der Waals surface area contributed by atoms with Gasteiger partial charge >= 0.3 is 12.6 Å². The summed E-state index contributed by atoms with van der Waals surface area (Å²) in [6.07, 6.45) is 4.84. The minimum absolute atomic E-state index is 0.0689. The molecule has 2 rings (SSSR count). The van der Waals surface area contributed by atoms with Gasteiger partial charge < -0.3 is 20.3 Å². The Morgan fingerprint density at radius 1 is 1.32 bits per heavy atom. The molecule has 2 fully saturated rings. The predicted molar refractivity (Wildman–Crippen MR) is 79.9 cm³/mol. The van der Waals surface area contributed by atoms with Crippen molar-refractivity contribution in [1.82, 2.24) is 15.5 Å². The number of carbonyl (C=O) groups excluding carboxylic acids is 1. The molecule has 0 aromatic carbocycles. The first-order valence-electron chi connectivity index (χ1n) is 8.19. The largest absolute Gasteiger partial charge is 0.345 e. The van der Waals surface area contributed by atoms with Crippen LogP contribution in [-0.2, 0) is 4.74 Å². The van der Waals surface area contributed by atoms with E-state index in [1.165, 1.54) is 12.8 Å². The van der Waals surface area contributed by atoms with E-state index in [1.54, 1.807) is 0 Å². The normalized spacial score (nSPS) is 30.3. The highest BCUT2D eigenvalue weighted by atomic mass is 19.3. The summed E-state index contributed by atoms with van der Waals surface area (Å²) in [5.74, 6) is 0.483. The van der Waals surface area contributed by atoms with Crippen LogP contribution in [-0.4, -0.2) is 56.4 Å². The summed E-state index contributed by atoms with van der Waals surface area (Å²) < 4.78 is 28.8. The maximum Gasteiger partial charge on any atom is 0.345 e. The van der Waals surface area contributed by atoms with Gasteiger partial charge in [0.2, 0.25) is 0 Å². The predicted octanol–water partition coefficient (Wildman–Crippen LogP) is 2.18. The summed E-state index contributed by atoms with van der Waals surface area (Å²) in [7, 11) is 2.11.